The maximum Gasteiger partial charge on any atom is 0.235 e. The number of hydrogen-bond acceptors (Lipinski definition) is 3. The molecule has 126 valence electrons. The van der Waals surface area contributed by atoms with Crippen LogP contribution in [0.1, 0.15) is 32.3 Å². The second-order valence-electron chi connectivity index (χ2n) is 6.50. The molecule has 1 aromatic rings. The third kappa shape index (κ3) is 4.24. The second-order valence-corrected chi connectivity index (χ2v) is 6.50. The first-order valence-electron chi connectivity index (χ1n) is 8.18. The van der Waals surface area contributed by atoms with Gasteiger partial charge in [0, 0.05) is 13.1 Å². The highest BCUT2D eigenvalue weighted by Gasteiger charge is 2.56. The molecule has 2 rings (SSSR count). The van der Waals surface area contributed by atoms with Crippen LogP contribution < -0.4 is 15.4 Å². The summed E-state index contributed by atoms with van der Waals surface area (Å²) in [6, 6.07) is 7.74. The Hall–Kier alpha value is -2.04. The van der Waals surface area contributed by atoms with Gasteiger partial charge in [0.25, 0.3) is 0 Å². The Morgan fingerprint density at radius 2 is 1.83 bits per heavy atom. The number of para-hydroxylation sites is 1. The average molecular weight is 318 g/mol. The summed E-state index contributed by atoms with van der Waals surface area (Å²) in [5.74, 6) is 0.899. The monoisotopic (exact) mass is 318 g/mol. The van der Waals surface area contributed by atoms with Crippen LogP contribution in [0.3, 0.4) is 0 Å². The van der Waals surface area contributed by atoms with Crippen LogP contribution in [0.25, 0.3) is 0 Å². The van der Waals surface area contributed by atoms with Gasteiger partial charge in [0.2, 0.25) is 11.8 Å². The molecular formula is C18H26N2O3. The van der Waals surface area contributed by atoms with E-state index < -0.39 is 5.41 Å². The minimum absolute atomic E-state index is 0.138. The van der Waals surface area contributed by atoms with Gasteiger partial charge in [-0.25, -0.2) is 0 Å². The molecule has 1 aromatic carbocycles. The van der Waals surface area contributed by atoms with E-state index in [-0.39, 0.29) is 11.8 Å². The molecule has 2 amide bonds. The van der Waals surface area contributed by atoms with Crippen LogP contribution in [-0.2, 0) is 16.0 Å². The lowest BCUT2D eigenvalue weighted by Gasteiger charge is -2.16. The molecule has 0 radical (unpaired) electrons. The minimum Gasteiger partial charge on any atom is -0.496 e. The molecule has 2 N–H and O–H groups in total. The largest absolute Gasteiger partial charge is 0.496 e. The summed E-state index contributed by atoms with van der Waals surface area (Å²) in [7, 11) is 1.63. The lowest BCUT2D eigenvalue weighted by Crippen LogP contribution is -2.44. The van der Waals surface area contributed by atoms with E-state index >= 15 is 0 Å². The lowest BCUT2D eigenvalue weighted by molar-refractivity contribution is -0.137. The number of amides is 2. The van der Waals surface area contributed by atoms with Gasteiger partial charge in [0.15, 0.2) is 0 Å². The quantitative estimate of drug-likeness (QED) is 0.720. The first-order valence-corrected chi connectivity index (χ1v) is 8.18. The minimum atomic E-state index is -0.838. The van der Waals surface area contributed by atoms with Crippen LogP contribution in [0.4, 0.5) is 0 Å². The Balaban J connectivity index is 1.84. The summed E-state index contributed by atoms with van der Waals surface area (Å²) < 4.78 is 5.30. The molecule has 0 heterocycles. The highest BCUT2D eigenvalue weighted by molar-refractivity contribution is 6.07. The van der Waals surface area contributed by atoms with Gasteiger partial charge in [-0.15, -0.1) is 0 Å². The van der Waals surface area contributed by atoms with Crippen LogP contribution in [0.5, 0.6) is 5.75 Å². The van der Waals surface area contributed by atoms with E-state index in [0.29, 0.717) is 38.3 Å². The van der Waals surface area contributed by atoms with E-state index in [1.54, 1.807) is 7.11 Å². The van der Waals surface area contributed by atoms with Crippen LogP contribution in [0.15, 0.2) is 24.3 Å². The molecule has 0 unspecified atom stereocenters. The van der Waals surface area contributed by atoms with Gasteiger partial charge in [-0.1, -0.05) is 32.0 Å². The Morgan fingerprint density at radius 1 is 1.17 bits per heavy atom. The van der Waals surface area contributed by atoms with Crippen molar-refractivity contribution in [2.45, 2.75) is 33.1 Å². The number of hydrogen-bond donors (Lipinski definition) is 2. The third-order valence-corrected chi connectivity index (χ3v) is 4.16. The predicted molar refractivity (Wildman–Crippen MR) is 89.2 cm³/mol. The van der Waals surface area contributed by atoms with E-state index in [4.69, 9.17) is 4.74 Å². The zero-order valence-electron chi connectivity index (χ0n) is 14.1. The number of methoxy groups -OCH3 is 1. The van der Waals surface area contributed by atoms with Gasteiger partial charge in [-0.2, -0.15) is 0 Å². The van der Waals surface area contributed by atoms with E-state index in [0.717, 1.165) is 11.3 Å². The zero-order valence-corrected chi connectivity index (χ0v) is 14.1. The van der Waals surface area contributed by atoms with Crippen molar-refractivity contribution in [3.05, 3.63) is 29.8 Å². The molecule has 1 saturated carbocycles. The summed E-state index contributed by atoms with van der Waals surface area (Å²) in [4.78, 5) is 24.6. The van der Waals surface area contributed by atoms with Crippen LogP contribution >= 0.6 is 0 Å². The van der Waals surface area contributed by atoms with Gasteiger partial charge >= 0.3 is 0 Å². The maximum absolute atomic E-state index is 12.4. The third-order valence-electron chi connectivity index (χ3n) is 4.16. The SMILES string of the molecule is COc1ccccc1CCNC(=O)C1(C(=O)NCC(C)C)CC1. The van der Waals surface area contributed by atoms with Crippen molar-refractivity contribution < 1.29 is 14.3 Å². The molecule has 1 aliphatic rings. The van der Waals surface area contributed by atoms with Gasteiger partial charge in [-0.05, 0) is 36.8 Å². The van der Waals surface area contributed by atoms with E-state index in [9.17, 15) is 9.59 Å². The van der Waals surface area contributed by atoms with E-state index in [1.165, 1.54) is 0 Å². The van der Waals surface area contributed by atoms with E-state index in [1.807, 2.05) is 38.1 Å². The van der Waals surface area contributed by atoms with Crippen molar-refractivity contribution in [1.29, 1.82) is 0 Å². The summed E-state index contributed by atoms with van der Waals surface area (Å²) >= 11 is 0. The summed E-state index contributed by atoms with van der Waals surface area (Å²) in [6.07, 6.45) is 1.95. The molecule has 0 bridgehead atoms. The molecule has 23 heavy (non-hydrogen) atoms. The number of ether oxygens (including phenoxy) is 1. The molecule has 0 aromatic heterocycles. The highest BCUT2D eigenvalue weighted by atomic mass is 16.5. The number of carbonyl (C=O) groups is 2. The highest BCUT2D eigenvalue weighted by Crippen LogP contribution is 2.46. The van der Waals surface area contributed by atoms with E-state index in [2.05, 4.69) is 10.6 Å². The molecule has 5 nitrogen and oxygen atoms in total. The van der Waals surface area contributed by atoms with Crippen LogP contribution in [-0.4, -0.2) is 32.0 Å². The second kappa shape index (κ2) is 7.49. The van der Waals surface area contributed by atoms with Crippen molar-refractivity contribution in [2.75, 3.05) is 20.2 Å². The fourth-order valence-corrected chi connectivity index (χ4v) is 2.54. The Morgan fingerprint density at radius 3 is 2.43 bits per heavy atom. The van der Waals surface area contributed by atoms with Crippen molar-refractivity contribution in [2.24, 2.45) is 11.3 Å². The molecular weight excluding hydrogens is 292 g/mol. The lowest BCUT2D eigenvalue weighted by atomic mass is 10.0. The Bertz CT molecular complexity index is 565. The van der Waals surface area contributed by atoms with Gasteiger partial charge in [-0.3, -0.25) is 9.59 Å². The molecule has 1 aliphatic carbocycles. The summed E-state index contributed by atoms with van der Waals surface area (Å²) in [6.45, 7) is 5.17. The van der Waals surface area contributed by atoms with Crippen molar-refractivity contribution in [3.63, 3.8) is 0 Å². The smallest absolute Gasteiger partial charge is 0.235 e. The first-order chi connectivity index (χ1) is 11.0. The van der Waals surface area contributed by atoms with Crippen LogP contribution in [0.2, 0.25) is 0 Å². The molecule has 0 spiro atoms. The maximum atomic E-state index is 12.4. The predicted octanol–water partition coefficient (Wildman–Crippen LogP) is 1.91. The van der Waals surface area contributed by atoms with Crippen molar-refractivity contribution in [3.8, 4) is 5.75 Å². The average Bonchev–Trinajstić information content (AvgIpc) is 3.34. The number of rotatable bonds is 8. The molecule has 5 heteroatoms. The van der Waals surface area contributed by atoms with Gasteiger partial charge in [0.05, 0.1) is 7.11 Å². The zero-order chi connectivity index (χ0) is 16.9. The Labute approximate surface area is 137 Å². The number of nitrogens with one attached hydrogen (secondary N) is 2. The standard InChI is InChI=1S/C18H26N2O3/c1-13(2)12-20-17(22)18(9-10-18)16(21)19-11-8-14-6-4-5-7-15(14)23-3/h4-7,13H,8-12H2,1-3H3,(H,19,21)(H,20,22). The fraction of sp³-hybridized carbons (Fsp3) is 0.556. The summed E-state index contributed by atoms with van der Waals surface area (Å²) in [5.41, 5.74) is 0.208. The van der Waals surface area contributed by atoms with Crippen molar-refractivity contribution in [1.82, 2.24) is 10.6 Å². The fourth-order valence-electron chi connectivity index (χ4n) is 2.54. The van der Waals surface area contributed by atoms with Crippen molar-refractivity contribution >= 4 is 11.8 Å². The normalized spacial score (nSPS) is 15.1. The Kier molecular flexibility index (Phi) is 5.64. The molecule has 1 fully saturated rings. The molecule has 0 atom stereocenters. The first kappa shape index (κ1) is 17.3. The topological polar surface area (TPSA) is 67.4 Å². The number of carbonyl (C=O) groups excluding carboxylic acids is 2. The van der Waals surface area contributed by atoms with Crippen LogP contribution in [0, 0.1) is 11.3 Å². The number of benzene rings is 1. The summed E-state index contributed by atoms with van der Waals surface area (Å²) in [5, 5.41) is 5.77. The van der Waals surface area contributed by atoms with Gasteiger partial charge < -0.3 is 15.4 Å². The molecule has 0 saturated heterocycles. The molecule has 0 aliphatic heterocycles. The van der Waals surface area contributed by atoms with Gasteiger partial charge in [0.1, 0.15) is 11.2 Å².